The molecule has 2 heteroatoms. The van der Waals surface area contributed by atoms with Gasteiger partial charge >= 0.3 is 5.97 Å². The van der Waals surface area contributed by atoms with Crippen LogP contribution in [0.3, 0.4) is 0 Å². The molecule has 0 fully saturated rings. The molecular weight excluding hydrogens is 657 g/mol. The molecule has 324 valence electrons. The molecule has 0 aromatic carbocycles. The van der Waals surface area contributed by atoms with Gasteiger partial charge in [0.15, 0.2) is 0 Å². The Balaban J connectivity index is 3.13. The van der Waals surface area contributed by atoms with Crippen LogP contribution < -0.4 is 0 Å². The van der Waals surface area contributed by atoms with Crippen LogP contribution in [0.2, 0.25) is 0 Å². The van der Waals surface area contributed by atoms with Gasteiger partial charge in [-0.15, -0.1) is 0 Å². The largest absolute Gasteiger partial charge is 0.466 e. The lowest BCUT2D eigenvalue weighted by atomic mass is 10.0. The van der Waals surface area contributed by atoms with E-state index in [-0.39, 0.29) is 5.97 Å². The summed E-state index contributed by atoms with van der Waals surface area (Å²) in [5.74, 6) is 0.0333. The standard InChI is InChI=1S/C52H104O2/c1-3-5-7-9-11-13-15-17-19-20-21-22-23-24-25-26-27-28-29-30-31-32-33-34-35-36-38-40-42-44-46-48-50-52(53)54-51-49-47-45-43-41-39-37-18-16-14-12-10-8-6-4-2/h3-51H2,1-2H3. The molecule has 0 unspecified atom stereocenters. The molecule has 0 atom stereocenters. The molecule has 0 aromatic heterocycles. The molecule has 0 N–H and O–H groups in total. The highest BCUT2D eigenvalue weighted by Gasteiger charge is 2.03. The quantitative estimate of drug-likeness (QED) is 0.0456. The molecule has 0 bridgehead atoms. The number of hydrogen-bond acceptors (Lipinski definition) is 2. The monoisotopic (exact) mass is 761 g/mol. The lowest BCUT2D eigenvalue weighted by molar-refractivity contribution is -0.143. The van der Waals surface area contributed by atoms with Crippen LogP contribution in [-0.2, 0) is 9.53 Å². The van der Waals surface area contributed by atoms with Gasteiger partial charge in [-0.25, -0.2) is 0 Å². The van der Waals surface area contributed by atoms with E-state index in [1.54, 1.807) is 0 Å². The van der Waals surface area contributed by atoms with Gasteiger partial charge in [0, 0.05) is 6.42 Å². The van der Waals surface area contributed by atoms with E-state index in [1.165, 1.54) is 289 Å². The summed E-state index contributed by atoms with van der Waals surface area (Å²) >= 11 is 0. The Morgan fingerprint density at radius 1 is 0.241 bits per heavy atom. The Morgan fingerprint density at radius 2 is 0.407 bits per heavy atom. The van der Waals surface area contributed by atoms with Crippen LogP contribution in [-0.4, -0.2) is 12.6 Å². The molecule has 0 aliphatic rings. The maximum atomic E-state index is 12.0. The number of unbranched alkanes of at least 4 members (excludes halogenated alkanes) is 45. The molecule has 0 saturated carbocycles. The second kappa shape index (κ2) is 50.5. The second-order valence-electron chi connectivity index (χ2n) is 17.9. The van der Waals surface area contributed by atoms with Gasteiger partial charge in [0.25, 0.3) is 0 Å². The second-order valence-corrected chi connectivity index (χ2v) is 17.9. The molecular formula is C52H104O2. The third-order valence-corrected chi connectivity index (χ3v) is 12.2. The Hall–Kier alpha value is -0.530. The van der Waals surface area contributed by atoms with Crippen molar-refractivity contribution in [2.45, 2.75) is 322 Å². The summed E-state index contributed by atoms with van der Waals surface area (Å²) in [6, 6.07) is 0. The van der Waals surface area contributed by atoms with E-state index in [4.69, 9.17) is 4.74 Å². The number of hydrogen-bond donors (Lipinski definition) is 0. The number of carbonyl (C=O) groups is 1. The molecule has 0 heterocycles. The first kappa shape index (κ1) is 53.5. The van der Waals surface area contributed by atoms with Gasteiger partial charge in [0.2, 0.25) is 0 Å². The van der Waals surface area contributed by atoms with E-state index in [2.05, 4.69) is 13.8 Å². The van der Waals surface area contributed by atoms with Gasteiger partial charge in [-0.3, -0.25) is 4.79 Å². The lowest BCUT2D eigenvalue weighted by Crippen LogP contribution is -2.05. The summed E-state index contributed by atoms with van der Waals surface area (Å²) < 4.78 is 5.48. The summed E-state index contributed by atoms with van der Waals surface area (Å²) in [7, 11) is 0. The molecule has 0 amide bonds. The number of ether oxygens (including phenoxy) is 1. The predicted octanol–water partition coefficient (Wildman–Crippen LogP) is 19.3. The van der Waals surface area contributed by atoms with Crippen LogP contribution in [0.15, 0.2) is 0 Å². The maximum Gasteiger partial charge on any atom is 0.305 e. The minimum Gasteiger partial charge on any atom is -0.466 e. The third-order valence-electron chi connectivity index (χ3n) is 12.2. The lowest BCUT2D eigenvalue weighted by Gasteiger charge is -2.06. The molecule has 0 radical (unpaired) electrons. The fourth-order valence-electron chi connectivity index (χ4n) is 8.38. The first-order valence-electron chi connectivity index (χ1n) is 26.0. The van der Waals surface area contributed by atoms with Crippen LogP contribution in [0.5, 0.6) is 0 Å². The Morgan fingerprint density at radius 3 is 0.611 bits per heavy atom. The smallest absolute Gasteiger partial charge is 0.305 e. The summed E-state index contributed by atoms with van der Waals surface area (Å²) in [4.78, 5) is 12.0. The van der Waals surface area contributed by atoms with Gasteiger partial charge in [0.1, 0.15) is 0 Å². The van der Waals surface area contributed by atoms with Crippen LogP contribution in [0, 0.1) is 0 Å². The minimum atomic E-state index is 0.0333. The topological polar surface area (TPSA) is 26.3 Å². The summed E-state index contributed by atoms with van der Waals surface area (Å²) in [5, 5.41) is 0. The van der Waals surface area contributed by atoms with Crippen molar-refractivity contribution in [2.24, 2.45) is 0 Å². The van der Waals surface area contributed by atoms with Gasteiger partial charge in [-0.05, 0) is 12.8 Å². The van der Waals surface area contributed by atoms with Crippen molar-refractivity contribution in [2.75, 3.05) is 6.61 Å². The summed E-state index contributed by atoms with van der Waals surface area (Å²) in [6.45, 7) is 5.24. The minimum absolute atomic E-state index is 0.0333. The van der Waals surface area contributed by atoms with E-state index in [0.717, 1.165) is 12.8 Å². The SMILES string of the molecule is CCCCCCCCCCCCCCCCCCCCCCCCCCCCCCCCCCC(=O)OCCCCCCCCCCCCCCCCC. The van der Waals surface area contributed by atoms with E-state index in [0.29, 0.717) is 13.0 Å². The van der Waals surface area contributed by atoms with Crippen LogP contribution in [0.1, 0.15) is 322 Å². The average molecular weight is 761 g/mol. The van der Waals surface area contributed by atoms with Crippen molar-refractivity contribution >= 4 is 5.97 Å². The van der Waals surface area contributed by atoms with Gasteiger partial charge in [-0.2, -0.15) is 0 Å². The maximum absolute atomic E-state index is 12.0. The van der Waals surface area contributed by atoms with Crippen LogP contribution in [0.25, 0.3) is 0 Å². The Bertz CT molecular complexity index is 659. The zero-order chi connectivity index (χ0) is 38.9. The molecule has 0 aromatic rings. The van der Waals surface area contributed by atoms with Crippen molar-refractivity contribution in [3.63, 3.8) is 0 Å². The fourth-order valence-corrected chi connectivity index (χ4v) is 8.38. The summed E-state index contributed by atoms with van der Waals surface area (Å²) in [6.07, 6.45) is 66.9. The van der Waals surface area contributed by atoms with Crippen molar-refractivity contribution in [3.05, 3.63) is 0 Å². The number of carbonyl (C=O) groups excluding carboxylic acids is 1. The fraction of sp³-hybridized carbons (Fsp3) is 0.981. The van der Waals surface area contributed by atoms with Crippen molar-refractivity contribution in [1.82, 2.24) is 0 Å². The Kier molecular flexibility index (Phi) is 50.0. The molecule has 0 spiro atoms. The molecule has 2 nitrogen and oxygen atoms in total. The zero-order valence-corrected chi connectivity index (χ0v) is 38.0. The van der Waals surface area contributed by atoms with Crippen molar-refractivity contribution in [3.8, 4) is 0 Å². The van der Waals surface area contributed by atoms with E-state index >= 15 is 0 Å². The highest BCUT2D eigenvalue weighted by atomic mass is 16.5. The number of esters is 1. The van der Waals surface area contributed by atoms with Gasteiger partial charge in [0.05, 0.1) is 6.61 Å². The van der Waals surface area contributed by atoms with Crippen LogP contribution >= 0.6 is 0 Å². The highest BCUT2D eigenvalue weighted by Crippen LogP contribution is 2.18. The van der Waals surface area contributed by atoms with Crippen LogP contribution in [0.4, 0.5) is 0 Å². The number of rotatable bonds is 49. The first-order valence-corrected chi connectivity index (χ1v) is 26.0. The predicted molar refractivity (Wildman–Crippen MR) is 244 cm³/mol. The van der Waals surface area contributed by atoms with Gasteiger partial charge in [-0.1, -0.05) is 303 Å². The van der Waals surface area contributed by atoms with Crippen molar-refractivity contribution < 1.29 is 9.53 Å². The third kappa shape index (κ3) is 49.5. The zero-order valence-electron chi connectivity index (χ0n) is 38.0. The van der Waals surface area contributed by atoms with E-state index < -0.39 is 0 Å². The first-order chi connectivity index (χ1) is 26.8. The molecule has 0 rings (SSSR count). The summed E-state index contributed by atoms with van der Waals surface area (Å²) in [5.41, 5.74) is 0. The molecule has 0 aliphatic carbocycles. The van der Waals surface area contributed by atoms with Crippen molar-refractivity contribution in [1.29, 1.82) is 0 Å². The molecule has 54 heavy (non-hydrogen) atoms. The van der Waals surface area contributed by atoms with E-state index in [1.807, 2.05) is 0 Å². The Labute approximate surface area is 343 Å². The normalized spacial score (nSPS) is 11.5. The molecule has 0 saturated heterocycles. The molecule has 0 aliphatic heterocycles. The van der Waals surface area contributed by atoms with E-state index in [9.17, 15) is 4.79 Å². The highest BCUT2D eigenvalue weighted by molar-refractivity contribution is 5.69. The van der Waals surface area contributed by atoms with Gasteiger partial charge < -0.3 is 4.74 Å². The average Bonchev–Trinajstić information content (AvgIpc) is 3.18.